The quantitative estimate of drug-likeness (QED) is 0.246. The maximum atomic E-state index is 13.3. The molecule has 0 spiro atoms. The van der Waals surface area contributed by atoms with E-state index in [2.05, 4.69) is 5.32 Å². The first-order chi connectivity index (χ1) is 17.0. The van der Waals surface area contributed by atoms with E-state index in [0.717, 1.165) is 17.9 Å². The summed E-state index contributed by atoms with van der Waals surface area (Å²) in [4.78, 5) is 48.5. The molecule has 9 nitrogen and oxygen atoms in total. The molecule has 5 unspecified atom stereocenters. The second-order valence-electron chi connectivity index (χ2n) is 13.7. The molecule has 246 valence electrons. The average molecular weight is 1070 g/mol. The van der Waals surface area contributed by atoms with E-state index in [-0.39, 0.29) is 29.1 Å². The van der Waals surface area contributed by atoms with Crippen LogP contribution in [0.5, 0.6) is 0 Å². The summed E-state index contributed by atoms with van der Waals surface area (Å²) >= 11 is 1.78. The number of carbonyl (C=O) groups excluding carboxylic acids is 2. The summed E-state index contributed by atoms with van der Waals surface area (Å²) in [6.45, 7) is 20.2. The van der Waals surface area contributed by atoms with Gasteiger partial charge >= 0.3 is 17.9 Å². The number of ether oxygens (including phenoxy) is 1. The molecule has 0 saturated carbocycles. The maximum Gasteiger partial charge on any atom is 0.326 e. The van der Waals surface area contributed by atoms with Crippen LogP contribution in [0.4, 0.5) is 0 Å². The zero-order valence-corrected chi connectivity index (χ0v) is 31.4. The first-order valence-electron chi connectivity index (χ1n) is 13.3. The van der Waals surface area contributed by atoms with Crippen LogP contribution in [0.3, 0.4) is 0 Å². The van der Waals surface area contributed by atoms with Gasteiger partial charge in [-0.05, 0) is 67.8 Å². The summed E-state index contributed by atoms with van der Waals surface area (Å²) in [5.41, 5.74) is 3.66. The van der Waals surface area contributed by atoms with Crippen molar-refractivity contribution in [3.8, 4) is 0 Å². The third kappa shape index (κ3) is 13.8. The number of carbonyl (C=O) groups is 4. The number of amides is 1. The van der Waals surface area contributed by atoms with Crippen LogP contribution >= 0.6 is 11.8 Å². The topological polar surface area (TPSA) is 156 Å². The van der Waals surface area contributed by atoms with Crippen molar-refractivity contribution >= 4 is 35.6 Å². The molecule has 5 N–H and O–H groups in total. The number of esters is 1. The number of thioether (sulfide) groups is 1. The molecule has 40 heavy (non-hydrogen) atoms. The molecular formula is C28H52Fm2N2O7S. The second-order valence-corrected chi connectivity index (χ2v) is 14.9. The van der Waals surface area contributed by atoms with Gasteiger partial charge in [0, 0.05) is 0 Å². The van der Waals surface area contributed by atoms with Gasteiger partial charge in [-0.15, -0.1) is 0 Å². The van der Waals surface area contributed by atoms with Crippen molar-refractivity contribution in [2.75, 3.05) is 11.5 Å². The van der Waals surface area contributed by atoms with Gasteiger partial charge in [-0.2, -0.15) is 11.8 Å². The number of aliphatic carboxylic acids is 2. The summed E-state index contributed by atoms with van der Waals surface area (Å²) < 4.78 is 5.70. The van der Waals surface area contributed by atoms with Gasteiger partial charge in [-0.25, -0.2) is 4.79 Å². The summed E-state index contributed by atoms with van der Waals surface area (Å²) in [6.07, 6.45) is 1.37. The molecule has 1 aliphatic heterocycles. The van der Waals surface area contributed by atoms with Crippen molar-refractivity contribution < 1.29 is 34.1 Å². The van der Waals surface area contributed by atoms with Gasteiger partial charge in [0.05, 0.1) is 11.8 Å². The maximum absolute atomic E-state index is 13.3. The van der Waals surface area contributed by atoms with Gasteiger partial charge in [0.2, 0.25) is 5.91 Å². The van der Waals surface area contributed by atoms with Gasteiger partial charge in [0.25, 0.3) is 0 Å². The van der Waals surface area contributed by atoms with Crippen LogP contribution in [0, 0.1) is 34.5 Å². The molecule has 12 heteroatoms. The number of carboxylic acids is 2. The van der Waals surface area contributed by atoms with E-state index in [9.17, 15) is 24.3 Å². The van der Waals surface area contributed by atoms with Gasteiger partial charge in [-0.1, -0.05) is 55.4 Å². The Kier molecular flexibility index (Phi) is 16.0. The first-order valence-corrected chi connectivity index (χ1v) is 14.5. The number of hydrogen-bond acceptors (Lipinski definition) is 7. The molecule has 1 fully saturated rings. The van der Waals surface area contributed by atoms with E-state index in [4.69, 9.17) is 15.6 Å². The summed E-state index contributed by atoms with van der Waals surface area (Å²) in [5.74, 6) is -1.90. The normalized spacial score (nSPS) is 18.5. The molecule has 1 amide bonds. The summed E-state index contributed by atoms with van der Waals surface area (Å²) in [6, 6.07) is -1.79. The molecule has 1 rings (SSSR count). The van der Waals surface area contributed by atoms with Crippen molar-refractivity contribution in [3.05, 3.63) is 0 Å². The smallest absolute Gasteiger partial charge is 0.326 e. The fourth-order valence-corrected chi connectivity index (χ4v) is 5.40. The number of hydrogen-bond donors (Lipinski definition) is 4. The van der Waals surface area contributed by atoms with Gasteiger partial charge in [0.15, 0.2) is 0 Å². The number of carboxylic acid groups (broad SMARTS) is 2. The van der Waals surface area contributed by atoms with Crippen molar-refractivity contribution in [1.29, 1.82) is 0 Å². The molecule has 0 aromatic rings. The van der Waals surface area contributed by atoms with Crippen molar-refractivity contribution in [1.82, 2.24) is 5.32 Å². The Morgan fingerprint density at radius 1 is 0.925 bits per heavy atom. The van der Waals surface area contributed by atoms with Crippen molar-refractivity contribution in [2.24, 2.45) is 40.2 Å². The molecule has 0 aromatic heterocycles. The van der Waals surface area contributed by atoms with Crippen LogP contribution in [0.1, 0.15) is 89.0 Å². The summed E-state index contributed by atoms with van der Waals surface area (Å²) in [5, 5.41) is 20.7. The molecule has 0 aromatic carbocycles. The Morgan fingerprint density at radius 2 is 1.43 bits per heavy atom. The van der Waals surface area contributed by atoms with Gasteiger partial charge in [0.1, 0.15) is 17.7 Å². The van der Waals surface area contributed by atoms with E-state index in [1.54, 1.807) is 53.3 Å². The van der Waals surface area contributed by atoms with Crippen LogP contribution in [0.2, 0.25) is 0 Å². The molecule has 5 atom stereocenters. The first kappa shape index (κ1) is 40.7. The van der Waals surface area contributed by atoms with E-state index in [1.165, 1.54) is 0 Å². The van der Waals surface area contributed by atoms with E-state index < -0.39 is 46.9 Å². The van der Waals surface area contributed by atoms with E-state index in [0.29, 0.717) is 6.42 Å². The van der Waals surface area contributed by atoms with Crippen LogP contribution in [-0.4, -0.2) is 63.2 Å². The Balaban J connectivity index is -0.00000107. The fraction of sp³-hybridized carbons (Fsp3) is 0.857. The predicted octanol–water partition coefficient (Wildman–Crippen LogP) is 4.42. The Morgan fingerprint density at radius 3 is 1.70 bits per heavy atom. The third-order valence-electron chi connectivity index (χ3n) is 6.25. The minimum atomic E-state index is -1.07. The standard InChI is InChI=1S/C22H39NO5S.C6H13NO2.2Fm/c1-13(2)11-15(18(24)23-17(19(25)26)21(3,4)5)16(14-9-10-29-12-14)20(27)28-22(6,7)8;1-6(2,3)4(7)5(8)9;;/h13-17H,9-12H2,1-8H3,(H,23,24)(H,25,26);4H,7H2,1-3H3,(H,8,9);;. The second kappa shape index (κ2) is 15.7. The monoisotopic (exact) mass is 1070 g/mol. The molecule has 1 saturated heterocycles. The largest absolute Gasteiger partial charge is 0.480 e. The van der Waals surface area contributed by atoms with E-state index in [1.807, 2.05) is 34.6 Å². The number of nitrogens with one attached hydrogen (secondary N) is 1. The SMILES string of the molecule is CC(C)(C)C(N)C(=O)O.CC(C)CC(C(=O)NC(C(=O)O)C(C)(C)C)C(C(=O)OC(C)(C)C)C1CCSC1.[Fm].[Fm]. The molecular weight excluding hydrogens is 1020 g/mol. The third-order valence-corrected chi connectivity index (χ3v) is 7.43. The Bertz CT molecular complexity index is 815. The van der Waals surface area contributed by atoms with E-state index >= 15 is 0 Å². The minimum absolute atomic E-state index is 0. The zero-order valence-electron chi connectivity index (χ0n) is 25.8. The number of nitrogens with two attached hydrogens (primary N) is 1. The van der Waals surface area contributed by atoms with Crippen LogP contribution in [-0.2, 0) is 23.9 Å². The number of rotatable bonds is 9. The molecule has 1 aliphatic rings. The Labute approximate surface area is 233 Å². The van der Waals surface area contributed by atoms with Gasteiger partial charge < -0.3 is 26.0 Å². The molecule has 0 radical (unpaired) electrons. The van der Waals surface area contributed by atoms with Crippen molar-refractivity contribution in [3.63, 3.8) is 0 Å². The van der Waals surface area contributed by atoms with Crippen LogP contribution in [0.25, 0.3) is 0 Å². The molecule has 0 aliphatic carbocycles. The Hall–Kier alpha value is -3.81. The predicted molar refractivity (Wildman–Crippen MR) is 152 cm³/mol. The van der Waals surface area contributed by atoms with Crippen LogP contribution < -0.4 is 11.1 Å². The van der Waals surface area contributed by atoms with Crippen LogP contribution in [0.15, 0.2) is 0 Å². The molecule has 1 heterocycles. The minimum Gasteiger partial charge on any atom is -0.480 e. The average Bonchev–Trinajstić information content (AvgIpc) is 3.21. The summed E-state index contributed by atoms with van der Waals surface area (Å²) in [7, 11) is 0. The zero-order chi connectivity index (χ0) is 30.2. The molecule has 0 bridgehead atoms. The van der Waals surface area contributed by atoms with Gasteiger partial charge in [-0.3, -0.25) is 14.4 Å². The van der Waals surface area contributed by atoms with Crippen molar-refractivity contribution in [2.45, 2.75) is 107 Å². The fourth-order valence-electron chi connectivity index (χ4n) is 4.08.